The Morgan fingerprint density at radius 2 is 1.53 bits per heavy atom. The summed E-state index contributed by atoms with van der Waals surface area (Å²) >= 11 is 0. The smallest absolute Gasteiger partial charge is 0.111 e. The van der Waals surface area contributed by atoms with Gasteiger partial charge in [0.1, 0.15) is 18.3 Å². The molecule has 0 amide bonds. The van der Waals surface area contributed by atoms with Crippen LogP contribution in [0, 0.1) is 0 Å². The van der Waals surface area contributed by atoms with E-state index in [1.807, 2.05) is 6.92 Å². The van der Waals surface area contributed by atoms with Gasteiger partial charge in [0.25, 0.3) is 0 Å². The lowest BCUT2D eigenvalue weighted by Crippen LogP contribution is -2.49. The fourth-order valence-corrected chi connectivity index (χ4v) is 1.11. The second-order valence-electron chi connectivity index (χ2n) is 3.50. The van der Waals surface area contributed by atoms with Gasteiger partial charge in [-0.3, -0.25) is 0 Å². The highest BCUT2D eigenvalue weighted by atomic mass is 16.4. The van der Waals surface area contributed by atoms with Crippen molar-refractivity contribution in [1.29, 1.82) is 0 Å². The Morgan fingerprint density at radius 3 is 2.00 bits per heavy atom. The maximum atomic E-state index is 9.39. The molecule has 0 spiro atoms. The highest BCUT2D eigenvalue weighted by Crippen LogP contribution is 2.04. The van der Waals surface area contributed by atoms with E-state index in [4.69, 9.17) is 10.2 Å². The van der Waals surface area contributed by atoms with Crippen molar-refractivity contribution in [2.24, 2.45) is 0 Å². The zero-order chi connectivity index (χ0) is 11.8. The van der Waals surface area contributed by atoms with Gasteiger partial charge in [0.15, 0.2) is 0 Å². The molecule has 0 aliphatic rings. The van der Waals surface area contributed by atoms with E-state index in [1.165, 1.54) is 0 Å². The zero-order valence-corrected chi connectivity index (χ0v) is 8.87. The third-order valence-electron chi connectivity index (χ3n) is 2.11. The average molecular weight is 223 g/mol. The summed E-state index contributed by atoms with van der Waals surface area (Å²) in [6.45, 7) is 2.13. The normalized spacial score (nSPS) is 19.6. The molecule has 0 heterocycles. The third-order valence-corrected chi connectivity index (χ3v) is 2.11. The largest absolute Gasteiger partial charge is 0.394 e. The molecular weight excluding hydrogens is 202 g/mol. The lowest BCUT2D eigenvalue weighted by molar-refractivity contribution is -0.113. The lowest BCUT2D eigenvalue weighted by Gasteiger charge is -2.25. The Hall–Kier alpha value is -0.240. The van der Waals surface area contributed by atoms with Crippen LogP contribution < -0.4 is 5.32 Å². The van der Waals surface area contributed by atoms with Crippen molar-refractivity contribution in [3.05, 3.63) is 0 Å². The molecule has 0 fully saturated rings. The second-order valence-corrected chi connectivity index (χ2v) is 3.50. The summed E-state index contributed by atoms with van der Waals surface area (Å²) < 4.78 is 0. The number of nitrogens with one attached hydrogen (secondary N) is 1. The summed E-state index contributed by atoms with van der Waals surface area (Å²) in [6.07, 6.45) is -4.75. The number of hydrogen-bond donors (Lipinski definition) is 6. The zero-order valence-electron chi connectivity index (χ0n) is 8.87. The minimum absolute atomic E-state index is 0.129. The van der Waals surface area contributed by atoms with Gasteiger partial charge in [-0.05, 0) is 13.0 Å². The molecule has 0 radical (unpaired) electrons. The van der Waals surface area contributed by atoms with Gasteiger partial charge >= 0.3 is 0 Å². The molecule has 0 bridgehead atoms. The topological polar surface area (TPSA) is 113 Å². The van der Waals surface area contributed by atoms with Crippen molar-refractivity contribution in [3.8, 4) is 0 Å². The molecule has 6 N–H and O–H groups in total. The van der Waals surface area contributed by atoms with E-state index in [9.17, 15) is 15.3 Å². The number of hydrogen-bond acceptors (Lipinski definition) is 6. The van der Waals surface area contributed by atoms with E-state index in [2.05, 4.69) is 5.32 Å². The van der Waals surface area contributed by atoms with E-state index in [0.717, 1.165) is 6.42 Å². The minimum Gasteiger partial charge on any atom is -0.394 e. The molecule has 4 atom stereocenters. The average Bonchev–Trinajstić information content (AvgIpc) is 2.26. The van der Waals surface area contributed by atoms with Gasteiger partial charge in [-0.25, -0.2) is 0 Å². The highest BCUT2D eigenvalue weighted by molar-refractivity contribution is 4.81. The monoisotopic (exact) mass is 223 g/mol. The van der Waals surface area contributed by atoms with Crippen molar-refractivity contribution in [2.45, 2.75) is 37.8 Å². The van der Waals surface area contributed by atoms with Crippen molar-refractivity contribution in [3.63, 3.8) is 0 Å². The fourth-order valence-electron chi connectivity index (χ4n) is 1.11. The fraction of sp³-hybridized carbons (Fsp3) is 1.00. The molecule has 6 nitrogen and oxygen atoms in total. The molecule has 0 unspecified atom stereocenters. The Bertz CT molecular complexity index is 157. The van der Waals surface area contributed by atoms with Gasteiger partial charge in [-0.1, -0.05) is 6.92 Å². The van der Waals surface area contributed by atoms with Crippen LogP contribution in [0.1, 0.15) is 13.3 Å². The van der Waals surface area contributed by atoms with Crippen molar-refractivity contribution < 1.29 is 25.5 Å². The Kier molecular flexibility index (Phi) is 7.85. The predicted molar refractivity (Wildman–Crippen MR) is 54.3 cm³/mol. The first-order chi connectivity index (χ1) is 7.04. The van der Waals surface area contributed by atoms with E-state index in [0.29, 0.717) is 6.54 Å². The maximum Gasteiger partial charge on any atom is 0.111 e. The molecule has 0 saturated carbocycles. The molecule has 6 heteroatoms. The van der Waals surface area contributed by atoms with Crippen LogP contribution >= 0.6 is 0 Å². The van der Waals surface area contributed by atoms with Crippen LogP contribution in [-0.2, 0) is 0 Å². The van der Waals surface area contributed by atoms with Crippen LogP contribution in [0.15, 0.2) is 0 Å². The van der Waals surface area contributed by atoms with Gasteiger partial charge in [0.2, 0.25) is 0 Å². The summed E-state index contributed by atoms with van der Waals surface area (Å²) in [5.74, 6) is 0. The van der Waals surface area contributed by atoms with Gasteiger partial charge in [0.05, 0.1) is 12.7 Å². The molecule has 0 aromatic carbocycles. The van der Waals surface area contributed by atoms with Crippen molar-refractivity contribution in [1.82, 2.24) is 5.32 Å². The molecule has 15 heavy (non-hydrogen) atoms. The standard InChI is InChI=1S/C9H21NO5/c1-2-3-10-4-6(12)8(14)9(15)7(13)5-11/h6-15H,2-5H2,1H3/t6-,7+,8+,9-/m1/s1. The Balaban J connectivity index is 3.90. The summed E-state index contributed by atoms with van der Waals surface area (Å²) in [5.41, 5.74) is 0. The summed E-state index contributed by atoms with van der Waals surface area (Å²) in [6, 6.07) is 0. The van der Waals surface area contributed by atoms with Gasteiger partial charge < -0.3 is 30.8 Å². The molecule has 0 saturated heterocycles. The van der Waals surface area contributed by atoms with Crippen LogP contribution in [0.2, 0.25) is 0 Å². The molecule has 0 aromatic rings. The second kappa shape index (κ2) is 7.98. The van der Waals surface area contributed by atoms with Crippen LogP contribution in [-0.4, -0.2) is 69.6 Å². The minimum atomic E-state index is -1.55. The Labute approximate surface area is 89.2 Å². The van der Waals surface area contributed by atoms with E-state index in [-0.39, 0.29) is 6.54 Å². The summed E-state index contributed by atoms with van der Waals surface area (Å²) in [7, 11) is 0. The molecule has 0 aromatic heterocycles. The highest BCUT2D eigenvalue weighted by Gasteiger charge is 2.29. The van der Waals surface area contributed by atoms with Crippen LogP contribution in [0.5, 0.6) is 0 Å². The molecule has 92 valence electrons. The Morgan fingerprint density at radius 1 is 1.00 bits per heavy atom. The first-order valence-corrected chi connectivity index (χ1v) is 5.08. The van der Waals surface area contributed by atoms with E-state index < -0.39 is 31.0 Å². The van der Waals surface area contributed by atoms with Crippen LogP contribution in [0.3, 0.4) is 0 Å². The number of rotatable bonds is 8. The molecule has 0 aliphatic heterocycles. The van der Waals surface area contributed by atoms with E-state index in [1.54, 1.807) is 0 Å². The lowest BCUT2D eigenvalue weighted by atomic mass is 10.0. The summed E-state index contributed by atoms with van der Waals surface area (Å²) in [5, 5.41) is 48.5. The molecular formula is C9H21NO5. The first-order valence-electron chi connectivity index (χ1n) is 5.08. The van der Waals surface area contributed by atoms with Gasteiger partial charge in [-0.15, -0.1) is 0 Å². The first kappa shape index (κ1) is 14.8. The number of aliphatic hydroxyl groups is 5. The van der Waals surface area contributed by atoms with Crippen LogP contribution in [0.25, 0.3) is 0 Å². The van der Waals surface area contributed by atoms with E-state index >= 15 is 0 Å². The molecule has 0 rings (SSSR count). The van der Waals surface area contributed by atoms with Gasteiger partial charge in [-0.2, -0.15) is 0 Å². The molecule has 0 aliphatic carbocycles. The maximum absolute atomic E-state index is 9.39. The predicted octanol–water partition coefficient (Wildman–Crippen LogP) is -2.58. The third kappa shape index (κ3) is 5.41. The summed E-state index contributed by atoms with van der Waals surface area (Å²) in [4.78, 5) is 0. The van der Waals surface area contributed by atoms with Crippen LogP contribution in [0.4, 0.5) is 0 Å². The number of aliphatic hydroxyl groups excluding tert-OH is 5. The SMILES string of the molecule is CCCNC[C@@H](O)[C@H](O)[C@H](O)[C@@H](O)CO. The quantitative estimate of drug-likeness (QED) is 0.252. The van der Waals surface area contributed by atoms with Crippen molar-refractivity contribution >= 4 is 0 Å². The van der Waals surface area contributed by atoms with Gasteiger partial charge in [0, 0.05) is 6.54 Å². The van der Waals surface area contributed by atoms with Crippen molar-refractivity contribution in [2.75, 3.05) is 19.7 Å².